The molecule has 0 saturated carbocycles. The van der Waals surface area contributed by atoms with E-state index in [-0.39, 0.29) is 6.04 Å². The van der Waals surface area contributed by atoms with E-state index in [1.807, 2.05) is 36.4 Å². The summed E-state index contributed by atoms with van der Waals surface area (Å²) >= 11 is 5.84. The van der Waals surface area contributed by atoms with Gasteiger partial charge in [-0.15, -0.1) is 0 Å². The second-order valence-corrected chi connectivity index (χ2v) is 9.21. The normalized spacial score (nSPS) is 15.9. The van der Waals surface area contributed by atoms with Crippen molar-refractivity contribution in [3.63, 3.8) is 0 Å². The van der Waals surface area contributed by atoms with Gasteiger partial charge in [0.2, 0.25) is 5.82 Å². The van der Waals surface area contributed by atoms with Gasteiger partial charge < -0.3 is 14.7 Å². The number of hydrogen-bond acceptors (Lipinski definition) is 4. The number of benzene rings is 3. The SMILES string of the molecule is CC1=C(c2nc(-c3ccccc3)no2)C(c2ccc(C)cc2)NC(=S)N1CCCc1ccccc1. The largest absolute Gasteiger partial charge is 0.351 e. The van der Waals surface area contributed by atoms with E-state index >= 15 is 0 Å². The molecule has 1 aromatic heterocycles. The molecule has 0 spiro atoms. The number of aryl methyl sites for hydroxylation is 2. The number of nitrogens with zero attached hydrogens (tertiary/aromatic N) is 3. The minimum absolute atomic E-state index is 0.169. The van der Waals surface area contributed by atoms with Crippen molar-refractivity contribution in [2.45, 2.75) is 32.7 Å². The predicted octanol–water partition coefficient (Wildman–Crippen LogP) is 6.34. The molecule has 4 aromatic rings. The average molecular weight is 481 g/mol. The van der Waals surface area contributed by atoms with Gasteiger partial charge in [0.15, 0.2) is 5.11 Å². The van der Waals surface area contributed by atoms with Crippen molar-refractivity contribution in [3.05, 3.63) is 113 Å². The van der Waals surface area contributed by atoms with Crippen LogP contribution in [0.25, 0.3) is 17.0 Å². The lowest BCUT2D eigenvalue weighted by Crippen LogP contribution is -2.46. The summed E-state index contributed by atoms with van der Waals surface area (Å²) in [5.74, 6) is 1.09. The highest BCUT2D eigenvalue weighted by molar-refractivity contribution is 7.80. The van der Waals surface area contributed by atoms with Gasteiger partial charge in [0.1, 0.15) is 0 Å². The van der Waals surface area contributed by atoms with Crippen LogP contribution in [0.5, 0.6) is 0 Å². The van der Waals surface area contributed by atoms with E-state index in [2.05, 4.69) is 77.8 Å². The van der Waals surface area contributed by atoms with Crippen LogP contribution in [-0.4, -0.2) is 26.7 Å². The average Bonchev–Trinajstić information content (AvgIpc) is 3.37. The van der Waals surface area contributed by atoms with Crippen LogP contribution >= 0.6 is 12.2 Å². The Labute approximate surface area is 211 Å². The van der Waals surface area contributed by atoms with Gasteiger partial charge in [-0.25, -0.2) is 0 Å². The van der Waals surface area contributed by atoms with Gasteiger partial charge in [-0.3, -0.25) is 0 Å². The third-order valence-electron chi connectivity index (χ3n) is 6.39. The number of allylic oxidation sites excluding steroid dienone is 1. The second-order valence-electron chi connectivity index (χ2n) is 8.82. The maximum absolute atomic E-state index is 5.84. The first-order valence-electron chi connectivity index (χ1n) is 11.9. The first-order chi connectivity index (χ1) is 17.1. The Bertz CT molecular complexity index is 1330. The van der Waals surface area contributed by atoms with Gasteiger partial charge in [-0.05, 0) is 50.0 Å². The fourth-order valence-electron chi connectivity index (χ4n) is 4.46. The highest BCUT2D eigenvalue weighted by Gasteiger charge is 2.33. The molecule has 6 heteroatoms. The van der Waals surface area contributed by atoms with Crippen molar-refractivity contribution in [2.75, 3.05) is 6.54 Å². The molecule has 35 heavy (non-hydrogen) atoms. The molecule has 1 aliphatic heterocycles. The van der Waals surface area contributed by atoms with Crippen molar-refractivity contribution in [1.29, 1.82) is 0 Å². The smallest absolute Gasteiger partial charge is 0.258 e. The molecular formula is C29H28N4OS. The third-order valence-corrected chi connectivity index (χ3v) is 6.72. The van der Waals surface area contributed by atoms with Crippen molar-refractivity contribution < 1.29 is 4.52 Å². The number of rotatable bonds is 7. The first-order valence-corrected chi connectivity index (χ1v) is 12.3. The lowest BCUT2D eigenvalue weighted by atomic mass is 9.94. The van der Waals surface area contributed by atoms with Gasteiger partial charge in [0, 0.05) is 17.8 Å². The Morgan fingerprint density at radius 3 is 2.31 bits per heavy atom. The summed E-state index contributed by atoms with van der Waals surface area (Å²) in [5, 5.41) is 8.55. The second kappa shape index (κ2) is 10.2. The van der Waals surface area contributed by atoms with Crippen molar-refractivity contribution in [2.24, 2.45) is 0 Å². The number of nitrogens with one attached hydrogen (secondary N) is 1. The Morgan fingerprint density at radius 1 is 0.914 bits per heavy atom. The molecule has 0 amide bonds. The summed E-state index contributed by atoms with van der Waals surface area (Å²) in [6.45, 7) is 4.98. The molecule has 0 fully saturated rings. The zero-order valence-corrected chi connectivity index (χ0v) is 20.8. The van der Waals surface area contributed by atoms with Crippen LogP contribution in [0.4, 0.5) is 0 Å². The topological polar surface area (TPSA) is 54.2 Å². The number of hydrogen-bond donors (Lipinski definition) is 1. The van der Waals surface area contributed by atoms with Gasteiger partial charge >= 0.3 is 0 Å². The van der Waals surface area contributed by atoms with Gasteiger partial charge in [-0.2, -0.15) is 4.98 Å². The number of aromatic nitrogens is 2. The summed E-state index contributed by atoms with van der Waals surface area (Å²) in [4.78, 5) is 6.95. The quantitative estimate of drug-likeness (QED) is 0.312. The third kappa shape index (κ3) is 5.03. The molecule has 1 N–H and O–H groups in total. The van der Waals surface area contributed by atoms with Crippen LogP contribution < -0.4 is 5.32 Å². The molecule has 176 valence electrons. The molecule has 0 radical (unpaired) electrons. The van der Waals surface area contributed by atoms with Crippen molar-refractivity contribution in [1.82, 2.24) is 20.4 Å². The predicted molar refractivity (Wildman–Crippen MR) is 143 cm³/mol. The van der Waals surface area contributed by atoms with E-state index in [0.717, 1.165) is 41.8 Å². The van der Waals surface area contributed by atoms with E-state index in [0.29, 0.717) is 16.8 Å². The molecule has 5 rings (SSSR count). The number of thiocarbonyl (C=S) groups is 1. The molecule has 5 nitrogen and oxygen atoms in total. The maximum atomic E-state index is 5.84. The van der Waals surface area contributed by atoms with E-state index in [1.165, 1.54) is 11.1 Å². The van der Waals surface area contributed by atoms with Crippen LogP contribution in [0, 0.1) is 6.92 Å². The highest BCUT2D eigenvalue weighted by atomic mass is 32.1. The standard InChI is InChI=1S/C29H28N4OS/c1-20-15-17-23(18-16-20)26-25(28-31-27(32-34-28)24-13-7-4-8-14-24)21(2)33(29(35)30-26)19-9-12-22-10-5-3-6-11-22/h3-8,10-11,13-18,26H,9,12,19H2,1-2H3,(H,30,35). The Balaban J connectivity index is 1.49. The lowest BCUT2D eigenvalue weighted by molar-refractivity contribution is 0.396. The summed E-state index contributed by atoms with van der Waals surface area (Å²) < 4.78 is 5.83. The summed E-state index contributed by atoms with van der Waals surface area (Å²) in [5.41, 5.74) is 6.56. The minimum atomic E-state index is -0.169. The van der Waals surface area contributed by atoms with Crippen molar-refractivity contribution >= 4 is 22.9 Å². The summed E-state index contributed by atoms with van der Waals surface area (Å²) in [6, 6.07) is 28.7. The van der Waals surface area contributed by atoms with E-state index in [9.17, 15) is 0 Å². The van der Waals surface area contributed by atoms with Gasteiger partial charge in [0.05, 0.1) is 11.6 Å². The monoisotopic (exact) mass is 480 g/mol. The molecule has 3 aromatic carbocycles. The molecule has 0 bridgehead atoms. The highest BCUT2D eigenvalue weighted by Crippen LogP contribution is 2.37. The maximum Gasteiger partial charge on any atom is 0.258 e. The summed E-state index contributed by atoms with van der Waals surface area (Å²) in [7, 11) is 0. The molecular weight excluding hydrogens is 452 g/mol. The van der Waals surface area contributed by atoms with Crippen LogP contribution in [-0.2, 0) is 6.42 Å². The zero-order valence-electron chi connectivity index (χ0n) is 19.9. The molecule has 0 saturated heterocycles. The fraction of sp³-hybridized carbons (Fsp3) is 0.207. The van der Waals surface area contributed by atoms with Crippen LogP contribution in [0.15, 0.2) is 95.1 Å². The first kappa shape index (κ1) is 23.0. The Kier molecular flexibility index (Phi) is 6.73. The molecule has 0 aliphatic carbocycles. The fourth-order valence-corrected chi connectivity index (χ4v) is 4.81. The zero-order chi connectivity index (χ0) is 24.2. The lowest BCUT2D eigenvalue weighted by Gasteiger charge is -2.37. The van der Waals surface area contributed by atoms with E-state index in [4.69, 9.17) is 21.7 Å². The molecule has 1 atom stereocenters. The van der Waals surface area contributed by atoms with E-state index in [1.54, 1.807) is 0 Å². The minimum Gasteiger partial charge on any atom is -0.351 e. The van der Waals surface area contributed by atoms with Gasteiger partial charge in [-0.1, -0.05) is 95.6 Å². The van der Waals surface area contributed by atoms with E-state index < -0.39 is 0 Å². The van der Waals surface area contributed by atoms with Crippen LogP contribution in [0.1, 0.15) is 42.0 Å². The van der Waals surface area contributed by atoms with Crippen LogP contribution in [0.2, 0.25) is 0 Å². The van der Waals surface area contributed by atoms with Crippen molar-refractivity contribution in [3.8, 4) is 11.4 Å². The molecule has 1 aliphatic rings. The Morgan fingerprint density at radius 2 is 1.60 bits per heavy atom. The van der Waals surface area contributed by atoms with Gasteiger partial charge in [0.25, 0.3) is 5.89 Å². The molecule has 2 heterocycles. The molecule has 1 unspecified atom stereocenters. The summed E-state index contributed by atoms with van der Waals surface area (Å²) in [6.07, 6.45) is 1.97. The van der Waals surface area contributed by atoms with Crippen LogP contribution in [0.3, 0.4) is 0 Å². The Hall–Kier alpha value is -3.77.